The van der Waals surface area contributed by atoms with Crippen molar-refractivity contribution in [3.8, 4) is 0 Å². The van der Waals surface area contributed by atoms with E-state index in [4.69, 9.17) is 11.6 Å². The highest BCUT2D eigenvalue weighted by atomic mass is 15.4. The molecule has 4 nitrogen and oxygen atoms in total. The number of hydrogen-bond donors (Lipinski definition) is 2. The number of imidazole rings is 1. The van der Waals surface area contributed by atoms with Gasteiger partial charge in [-0.25, -0.2) is 9.66 Å². The van der Waals surface area contributed by atoms with Crippen LogP contribution in [0.4, 0.5) is 5.82 Å². The van der Waals surface area contributed by atoms with Gasteiger partial charge in [0.1, 0.15) is 11.6 Å². The highest BCUT2D eigenvalue weighted by Crippen LogP contribution is 2.28. The number of nitrogen functional groups attached to an aromatic ring is 2. The lowest BCUT2D eigenvalue weighted by Gasteiger charge is -2.20. The van der Waals surface area contributed by atoms with E-state index in [0.717, 1.165) is 36.7 Å². The van der Waals surface area contributed by atoms with Gasteiger partial charge in [-0.2, -0.15) is 0 Å². The summed E-state index contributed by atoms with van der Waals surface area (Å²) in [6.07, 6.45) is 9.71. The Kier molecular flexibility index (Phi) is 3.92. The molecule has 17 heavy (non-hydrogen) atoms. The molecule has 1 aromatic rings. The van der Waals surface area contributed by atoms with E-state index in [2.05, 4.69) is 11.9 Å². The van der Waals surface area contributed by atoms with E-state index < -0.39 is 0 Å². The van der Waals surface area contributed by atoms with Crippen LogP contribution in [-0.2, 0) is 12.8 Å². The second-order valence-electron chi connectivity index (χ2n) is 5.19. The summed E-state index contributed by atoms with van der Waals surface area (Å²) in [5.74, 6) is 8.28. The summed E-state index contributed by atoms with van der Waals surface area (Å²) < 4.78 is 1.57. The Morgan fingerprint density at radius 2 is 2.00 bits per heavy atom. The van der Waals surface area contributed by atoms with Gasteiger partial charge in [0.25, 0.3) is 0 Å². The molecule has 96 valence electrons. The fourth-order valence-corrected chi connectivity index (χ4v) is 2.76. The maximum absolute atomic E-state index is 6.03. The fourth-order valence-electron chi connectivity index (χ4n) is 2.76. The molecule has 2 rings (SSSR count). The second kappa shape index (κ2) is 5.43. The van der Waals surface area contributed by atoms with Crippen LogP contribution in [0, 0.1) is 5.92 Å². The number of aromatic nitrogens is 2. The average molecular weight is 236 g/mol. The molecule has 1 aromatic heterocycles. The van der Waals surface area contributed by atoms with Crippen LogP contribution < -0.4 is 11.6 Å². The Balaban J connectivity index is 2.06. The molecule has 0 amide bonds. The van der Waals surface area contributed by atoms with Gasteiger partial charge < -0.3 is 11.6 Å². The molecule has 1 heterocycles. The van der Waals surface area contributed by atoms with Gasteiger partial charge in [0, 0.05) is 6.42 Å². The zero-order valence-corrected chi connectivity index (χ0v) is 10.8. The van der Waals surface area contributed by atoms with Gasteiger partial charge in [0.05, 0.1) is 5.69 Å². The zero-order chi connectivity index (χ0) is 12.3. The normalized spacial score (nSPS) is 17.5. The molecule has 0 bridgehead atoms. The van der Waals surface area contributed by atoms with Crippen molar-refractivity contribution in [3.05, 3.63) is 11.5 Å². The van der Waals surface area contributed by atoms with Crippen molar-refractivity contribution in [3.63, 3.8) is 0 Å². The van der Waals surface area contributed by atoms with Gasteiger partial charge in [-0.3, -0.25) is 0 Å². The summed E-state index contributed by atoms with van der Waals surface area (Å²) >= 11 is 0. The first-order valence-corrected chi connectivity index (χ1v) is 6.83. The number of anilines is 1. The molecule has 0 aromatic carbocycles. The van der Waals surface area contributed by atoms with Crippen LogP contribution in [0.3, 0.4) is 0 Å². The molecular formula is C13H24N4. The SMILES string of the molecule is CCCc1nc(CC2CCCCC2)c(N)n1N. The van der Waals surface area contributed by atoms with Crippen LogP contribution in [-0.4, -0.2) is 9.66 Å². The third-order valence-corrected chi connectivity index (χ3v) is 3.78. The van der Waals surface area contributed by atoms with E-state index in [0.29, 0.717) is 5.82 Å². The van der Waals surface area contributed by atoms with Crippen LogP contribution in [0.25, 0.3) is 0 Å². The molecule has 1 fully saturated rings. The molecule has 0 aliphatic heterocycles. The van der Waals surface area contributed by atoms with Gasteiger partial charge in [0.15, 0.2) is 0 Å². The monoisotopic (exact) mass is 236 g/mol. The van der Waals surface area contributed by atoms with Crippen LogP contribution in [0.2, 0.25) is 0 Å². The molecule has 0 radical (unpaired) electrons. The van der Waals surface area contributed by atoms with Crippen LogP contribution >= 0.6 is 0 Å². The average Bonchev–Trinajstić information content (AvgIpc) is 2.60. The third-order valence-electron chi connectivity index (χ3n) is 3.78. The molecule has 4 heteroatoms. The van der Waals surface area contributed by atoms with Crippen LogP contribution in [0.1, 0.15) is 57.0 Å². The number of hydrogen-bond acceptors (Lipinski definition) is 3. The maximum atomic E-state index is 6.03. The van der Waals surface area contributed by atoms with Crippen LogP contribution in [0.15, 0.2) is 0 Å². The first-order valence-electron chi connectivity index (χ1n) is 6.83. The minimum absolute atomic E-state index is 0.666. The predicted molar refractivity (Wildman–Crippen MR) is 71.1 cm³/mol. The Labute approximate surface area is 103 Å². The van der Waals surface area contributed by atoms with Crippen LogP contribution in [0.5, 0.6) is 0 Å². The topological polar surface area (TPSA) is 69.9 Å². The lowest BCUT2D eigenvalue weighted by molar-refractivity contribution is 0.355. The minimum Gasteiger partial charge on any atom is -0.382 e. The third kappa shape index (κ3) is 2.73. The van der Waals surface area contributed by atoms with Gasteiger partial charge in [0.2, 0.25) is 0 Å². The van der Waals surface area contributed by atoms with Gasteiger partial charge in [-0.1, -0.05) is 39.0 Å². The van der Waals surface area contributed by atoms with E-state index in [1.54, 1.807) is 4.68 Å². The number of aryl methyl sites for hydroxylation is 1. The smallest absolute Gasteiger partial charge is 0.145 e. The Morgan fingerprint density at radius 1 is 1.29 bits per heavy atom. The summed E-state index contributed by atoms with van der Waals surface area (Å²) in [4.78, 5) is 4.61. The number of rotatable bonds is 4. The van der Waals surface area contributed by atoms with Crippen molar-refractivity contribution in [2.24, 2.45) is 5.92 Å². The van der Waals surface area contributed by atoms with Crippen molar-refractivity contribution in [1.82, 2.24) is 9.66 Å². The lowest BCUT2D eigenvalue weighted by atomic mass is 9.86. The summed E-state index contributed by atoms with van der Waals surface area (Å²) in [6.45, 7) is 2.13. The molecule has 0 unspecified atom stereocenters. The Hall–Kier alpha value is -1.19. The van der Waals surface area contributed by atoms with Gasteiger partial charge >= 0.3 is 0 Å². The van der Waals surface area contributed by atoms with E-state index in [1.165, 1.54) is 32.1 Å². The number of nitrogens with zero attached hydrogens (tertiary/aromatic N) is 2. The summed E-state index contributed by atoms with van der Waals surface area (Å²) in [5.41, 5.74) is 7.04. The van der Waals surface area contributed by atoms with E-state index in [-0.39, 0.29) is 0 Å². The second-order valence-corrected chi connectivity index (χ2v) is 5.19. The predicted octanol–water partition coefficient (Wildman–Crippen LogP) is 2.25. The van der Waals surface area contributed by atoms with E-state index >= 15 is 0 Å². The Morgan fingerprint density at radius 3 is 2.65 bits per heavy atom. The van der Waals surface area contributed by atoms with E-state index in [1.807, 2.05) is 0 Å². The molecule has 1 aliphatic carbocycles. The highest BCUT2D eigenvalue weighted by molar-refractivity contribution is 5.38. The first-order chi connectivity index (χ1) is 8.22. The molecule has 0 spiro atoms. The lowest BCUT2D eigenvalue weighted by Crippen LogP contribution is -2.16. The first kappa shape index (κ1) is 12.3. The van der Waals surface area contributed by atoms with Gasteiger partial charge in [-0.15, -0.1) is 0 Å². The van der Waals surface area contributed by atoms with E-state index in [9.17, 15) is 0 Å². The maximum Gasteiger partial charge on any atom is 0.145 e. The van der Waals surface area contributed by atoms with Crippen molar-refractivity contribution in [1.29, 1.82) is 0 Å². The Bertz CT molecular complexity index is 364. The summed E-state index contributed by atoms with van der Waals surface area (Å²) in [6, 6.07) is 0. The van der Waals surface area contributed by atoms with Crippen molar-refractivity contribution in [2.75, 3.05) is 11.6 Å². The van der Waals surface area contributed by atoms with Crippen molar-refractivity contribution < 1.29 is 0 Å². The molecule has 1 aliphatic rings. The fraction of sp³-hybridized carbons (Fsp3) is 0.769. The molecule has 1 saturated carbocycles. The quantitative estimate of drug-likeness (QED) is 0.788. The molecular weight excluding hydrogens is 212 g/mol. The van der Waals surface area contributed by atoms with Crippen molar-refractivity contribution >= 4 is 5.82 Å². The highest BCUT2D eigenvalue weighted by Gasteiger charge is 2.19. The summed E-state index contributed by atoms with van der Waals surface area (Å²) in [5, 5.41) is 0. The molecule has 0 saturated heterocycles. The van der Waals surface area contributed by atoms with Gasteiger partial charge in [-0.05, 0) is 18.8 Å². The largest absolute Gasteiger partial charge is 0.382 e. The summed E-state index contributed by atoms with van der Waals surface area (Å²) in [7, 11) is 0. The molecule has 0 atom stereocenters. The number of nitrogens with two attached hydrogens (primary N) is 2. The minimum atomic E-state index is 0.666. The standard InChI is InChI=1S/C13H24N4/c1-2-6-12-16-11(13(14)17(12)15)9-10-7-4-3-5-8-10/h10H,2-9,14-15H2,1H3. The zero-order valence-electron chi connectivity index (χ0n) is 10.8. The van der Waals surface area contributed by atoms with Crippen molar-refractivity contribution in [2.45, 2.75) is 58.3 Å². The molecule has 4 N–H and O–H groups in total.